The highest BCUT2D eigenvalue weighted by molar-refractivity contribution is 5.96. The molecule has 1 aliphatic carbocycles. The Morgan fingerprint density at radius 1 is 1.40 bits per heavy atom. The summed E-state index contributed by atoms with van der Waals surface area (Å²) in [5.41, 5.74) is 0.748. The van der Waals surface area contributed by atoms with E-state index in [4.69, 9.17) is 4.42 Å². The van der Waals surface area contributed by atoms with Gasteiger partial charge in [-0.2, -0.15) is 0 Å². The first-order chi connectivity index (χ1) is 7.25. The fourth-order valence-corrected chi connectivity index (χ4v) is 2.36. The zero-order valence-corrected chi connectivity index (χ0v) is 9.29. The number of carbonyl (C=O) groups excluding carboxylic acids is 1. The summed E-state index contributed by atoms with van der Waals surface area (Å²) in [5, 5.41) is 0. The molecule has 82 valence electrons. The van der Waals surface area contributed by atoms with Crippen LogP contribution in [0.25, 0.3) is 0 Å². The lowest BCUT2D eigenvalue weighted by Gasteiger charge is -2.20. The number of furan rings is 1. The van der Waals surface area contributed by atoms with Gasteiger partial charge >= 0.3 is 0 Å². The zero-order chi connectivity index (χ0) is 10.7. The lowest BCUT2D eigenvalue weighted by molar-refractivity contribution is 0.0949. The van der Waals surface area contributed by atoms with Crippen molar-refractivity contribution in [2.75, 3.05) is 0 Å². The number of hydrogen-bond acceptors (Lipinski definition) is 2. The maximum Gasteiger partial charge on any atom is 0.166 e. The van der Waals surface area contributed by atoms with Gasteiger partial charge in [-0.05, 0) is 18.9 Å². The molecule has 0 radical (unpaired) electrons. The lowest BCUT2D eigenvalue weighted by Crippen LogP contribution is -2.11. The van der Waals surface area contributed by atoms with Crippen LogP contribution in [0.15, 0.2) is 16.7 Å². The minimum absolute atomic E-state index is 0.249. The highest BCUT2D eigenvalue weighted by atomic mass is 16.3. The molecular weight excluding hydrogens is 188 g/mol. The first kappa shape index (κ1) is 10.5. The second-order valence-electron chi connectivity index (χ2n) is 4.58. The zero-order valence-electron chi connectivity index (χ0n) is 9.29. The van der Waals surface area contributed by atoms with E-state index in [1.807, 2.05) is 13.0 Å². The molecule has 2 nitrogen and oxygen atoms in total. The first-order valence-electron chi connectivity index (χ1n) is 5.84. The van der Waals surface area contributed by atoms with Crippen LogP contribution in [0.2, 0.25) is 0 Å². The molecule has 0 spiro atoms. The van der Waals surface area contributed by atoms with Crippen molar-refractivity contribution < 1.29 is 9.21 Å². The third-order valence-corrected chi connectivity index (χ3v) is 3.25. The van der Waals surface area contributed by atoms with Gasteiger partial charge in [-0.3, -0.25) is 4.79 Å². The second kappa shape index (κ2) is 4.65. The Bertz CT molecular complexity index is 332. The van der Waals surface area contributed by atoms with Gasteiger partial charge in [0.25, 0.3) is 0 Å². The van der Waals surface area contributed by atoms with Gasteiger partial charge in [0, 0.05) is 6.42 Å². The molecule has 1 saturated carbocycles. The van der Waals surface area contributed by atoms with Crippen LogP contribution in [-0.4, -0.2) is 5.78 Å². The van der Waals surface area contributed by atoms with Crippen molar-refractivity contribution in [2.24, 2.45) is 5.92 Å². The fraction of sp³-hybridized carbons (Fsp3) is 0.615. The van der Waals surface area contributed by atoms with E-state index in [-0.39, 0.29) is 5.78 Å². The number of carbonyl (C=O) groups is 1. The molecule has 2 heteroatoms. The minimum Gasteiger partial charge on any atom is -0.469 e. The van der Waals surface area contributed by atoms with Crippen molar-refractivity contribution in [3.8, 4) is 0 Å². The number of aryl methyl sites for hydroxylation is 1. The van der Waals surface area contributed by atoms with E-state index >= 15 is 0 Å². The average molecular weight is 206 g/mol. The van der Waals surface area contributed by atoms with Gasteiger partial charge in [0.1, 0.15) is 12.0 Å². The Morgan fingerprint density at radius 2 is 2.13 bits per heavy atom. The second-order valence-corrected chi connectivity index (χ2v) is 4.58. The normalized spacial score (nSPS) is 17.9. The Labute approximate surface area is 90.7 Å². The van der Waals surface area contributed by atoms with Crippen LogP contribution in [0, 0.1) is 12.8 Å². The number of rotatable bonds is 3. The van der Waals surface area contributed by atoms with E-state index in [2.05, 4.69) is 0 Å². The molecule has 15 heavy (non-hydrogen) atoms. The summed E-state index contributed by atoms with van der Waals surface area (Å²) in [6.45, 7) is 1.87. The van der Waals surface area contributed by atoms with Gasteiger partial charge in [-0.25, -0.2) is 0 Å². The molecule has 0 saturated heterocycles. The third kappa shape index (κ3) is 2.71. The van der Waals surface area contributed by atoms with Crippen LogP contribution in [-0.2, 0) is 0 Å². The minimum atomic E-state index is 0.249. The molecule has 1 aliphatic rings. The fourth-order valence-electron chi connectivity index (χ4n) is 2.36. The van der Waals surface area contributed by atoms with Crippen LogP contribution in [0.5, 0.6) is 0 Å². The lowest BCUT2D eigenvalue weighted by atomic mass is 9.85. The average Bonchev–Trinajstić information content (AvgIpc) is 2.66. The molecule has 0 amide bonds. The molecule has 0 aliphatic heterocycles. The van der Waals surface area contributed by atoms with Crippen molar-refractivity contribution in [3.63, 3.8) is 0 Å². The standard InChI is InChI=1S/C13H18O2/c1-10-7-12(9-15-10)13(14)8-11-5-3-2-4-6-11/h7,9,11H,2-6,8H2,1H3. The number of hydrogen-bond donors (Lipinski definition) is 0. The van der Waals surface area contributed by atoms with Gasteiger partial charge in [0.05, 0.1) is 5.56 Å². The smallest absolute Gasteiger partial charge is 0.166 e. The third-order valence-electron chi connectivity index (χ3n) is 3.25. The summed E-state index contributed by atoms with van der Waals surface area (Å²) < 4.78 is 5.15. The summed E-state index contributed by atoms with van der Waals surface area (Å²) in [6.07, 6.45) is 8.67. The molecule has 1 aromatic heterocycles. The highest BCUT2D eigenvalue weighted by Gasteiger charge is 2.18. The first-order valence-corrected chi connectivity index (χ1v) is 5.84. The van der Waals surface area contributed by atoms with Gasteiger partial charge in [-0.1, -0.05) is 32.1 Å². The maximum atomic E-state index is 11.9. The van der Waals surface area contributed by atoms with Gasteiger partial charge in [0.2, 0.25) is 0 Å². The summed E-state index contributed by atoms with van der Waals surface area (Å²) >= 11 is 0. The van der Waals surface area contributed by atoms with Crippen LogP contribution < -0.4 is 0 Å². The Balaban J connectivity index is 1.91. The summed E-state index contributed by atoms with van der Waals surface area (Å²) in [7, 11) is 0. The Morgan fingerprint density at radius 3 is 2.73 bits per heavy atom. The predicted octanol–water partition coefficient (Wildman–Crippen LogP) is 3.74. The molecule has 0 N–H and O–H groups in total. The molecule has 2 rings (SSSR count). The largest absolute Gasteiger partial charge is 0.469 e. The van der Waals surface area contributed by atoms with E-state index in [1.54, 1.807) is 6.26 Å². The number of ketones is 1. The van der Waals surface area contributed by atoms with E-state index in [0.29, 0.717) is 12.3 Å². The van der Waals surface area contributed by atoms with E-state index in [0.717, 1.165) is 11.3 Å². The molecule has 1 aromatic rings. The van der Waals surface area contributed by atoms with Crippen molar-refractivity contribution in [1.82, 2.24) is 0 Å². The summed E-state index contributed by atoms with van der Waals surface area (Å²) in [6, 6.07) is 1.84. The number of Topliss-reactive ketones (excluding diaryl/α,β-unsaturated/α-hetero) is 1. The summed E-state index contributed by atoms with van der Waals surface area (Å²) in [5.74, 6) is 1.68. The monoisotopic (exact) mass is 206 g/mol. The van der Waals surface area contributed by atoms with Gasteiger partial charge in [0.15, 0.2) is 5.78 Å². The molecule has 1 heterocycles. The molecule has 0 unspecified atom stereocenters. The van der Waals surface area contributed by atoms with Gasteiger partial charge in [-0.15, -0.1) is 0 Å². The Kier molecular flexibility index (Phi) is 3.24. The predicted molar refractivity (Wildman–Crippen MR) is 59.0 cm³/mol. The van der Waals surface area contributed by atoms with Crippen molar-refractivity contribution in [1.29, 1.82) is 0 Å². The molecular formula is C13H18O2. The topological polar surface area (TPSA) is 30.2 Å². The highest BCUT2D eigenvalue weighted by Crippen LogP contribution is 2.27. The Hall–Kier alpha value is -1.05. The van der Waals surface area contributed by atoms with Crippen LogP contribution in [0.3, 0.4) is 0 Å². The van der Waals surface area contributed by atoms with E-state index in [1.165, 1.54) is 32.1 Å². The van der Waals surface area contributed by atoms with E-state index in [9.17, 15) is 4.79 Å². The van der Waals surface area contributed by atoms with Crippen LogP contribution in [0.1, 0.15) is 54.6 Å². The molecule has 0 atom stereocenters. The molecule has 0 bridgehead atoms. The molecule has 1 fully saturated rings. The van der Waals surface area contributed by atoms with E-state index < -0.39 is 0 Å². The SMILES string of the molecule is Cc1cc(C(=O)CC2CCCCC2)co1. The van der Waals surface area contributed by atoms with Crippen molar-refractivity contribution in [3.05, 3.63) is 23.7 Å². The maximum absolute atomic E-state index is 11.9. The van der Waals surface area contributed by atoms with Crippen LogP contribution >= 0.6 is 0 Å². The van der Waals surface area contributed by atoms with Crippen molar-refractivity contribution in [2.45, 2.75) is 45.4 Å². The van der Waals surface area contributed by atoms with Gasteiger partial charge < -0.3 is 4.42 Å². The summed E-state index contributed by atoms with van der Waals surface area (Å²) in [4.78, 5) is 11.9. The quantitative estimate of drug-likeness (QED) is 0.705. The van der Waals surface area contributed by atoms with Crippen LogP contribution in [0.4, 0.5) is 0 Å². The molecule has 0 aromatic carbocycles. The van der Waals surface area contributed by atoms with Crippen molar-refractivity contribution >= 4 is 5.78 Å².